The van der Waals surface area contributed by atoms with Crippen LogP contribution in [0.25, 0.3) is 0 Å². The minimum absolute atomic E-state index is 0.119. The van der Waals surface area contributed by atoms with Crippen LogP contribution in [0.4, 0.5) is 5.82 Å². The summed E-state index contributed by atoms with van der Waals surface area (Å²) in [5.41, 5.74) is 0.761. The van der Waals surface area contributed by atoms with Crippen molar-refractivity contribution in [2.45, 2.75) is 100 Å². The van der Waals surface area contributed by atoms with Gasteiger partial charge in [-0.3, -0.25) is 0 Å². The molecule has 0 unspecified atom stereocenters. The summed E-state index contributed by atoms with van der Waals surface area (Å²) in [6.07, 6.45) is 10.1. The third kappa shape index (κ3) is 6.74. The average Bonchev–Trinajstić information content (AvgIpc) is 2.65. The van der Waals surface area contributed by atoms with Gasteiger partial charge >= 0.3 is 179 Å². The van der Waals surface area contributed by atoms with Gasteiger partial charge in [-0.15, -0.1) is 0 Å². The number of aromatic nitrogens is 1. The normalized spacial score (nSPS) is 12.3. The van der Waals surface area contributed by atoms with Crippen LogP contribution >= 0.6 is 0 Å². The van der Waals surface area contributed by atoms with E-state index in [2.05, 4.69) is 40.0 Å². The number of amides is 1. The number of unbranched alkanes of at least 4 members (excludes halogenated alkanes) is 3. The van der Waals surface area contributed by atoms with Crippen LogP contribution < -0.4 is 8.48 Å². The fourth-order valence-electron chi connectivity index (χ4n) is 4.16. The van der Waals surface area contributed by atoms with Crippen molar-refractivity contribution in [2.75, 3.05) is 11.9 Å². The van der Waals surface area contributed by atoms with Crippen LogP contribution in [0.5, 0.6) is 0 Å². The van der Waals surface area contributed by atoms with E-state index < -0.39 is 23.8 Å². The summed E-state index contributed by atoms with van der Waals surface area (Å²) >= 11 is -2.47. The molecule has 160 valence electrons. The number of hydrogen-bond acceptors (Lipinski definition) is 2. The number of aryl methyl sites for hydroxylation is 1. The molecule has 1 rings (SSSR count). The maximum atomic E-state index is 12.7. The Hall–Kier alpha value is -0.581. The Balaban J connectivity index is 3.30. The minimum atomic E-state index is -2.47. The van der Waals surface area contributed by atoms with Crippen molar-refractivity contribution in [1.29, 1.82) is 0 Å². The third-order valence-corrected chi connectivity index (χ3v) is 21.5. The summed E-state index contributed by atoms with van der Waals surface area (Å²) in [4.78, 5) is 19.3. The van der Waals surface area contributed by atoms with Crippen molar-refractivity contribution in [3.05, 3.63) is 17.8 Å². The first-order chi connectivity index (χ1) is 13.1. The van der Waals surface area contributed by atoms with E-state index in [1.807, 2.05) is 27.8 Å². The van der Waals surface area contributed by atoms with Gasteiger partial charge in [-0.1, -0.05) is 0 Å². The zero-order valence-corrected chi connectivity index (χ0v) is 22.7. The molecule has 0 bridgehead atoms. The first-order valence-corrected chi connectivity index (χ1v) is 18.9. The molecule has 0 atom stereocenters. The Kier molecular flexibility index (Phi) is 10.5. The van der Waals surface area contributed by atoms with Crippen LogP contribution in [-0.4, -0.2) is 36.3 Å². The van der Waals surface area contributed by atoms with E-state index >= 15 is 0 Å². The van der Waals surface area contributed by atoms with Crippen LogP contribution in [0, 0.1) is 12.3 Å². The van der Waals surface area contributed by atoms with Crippen LogP contribution in [0.3, 0.4) is 0 Å². The molecule has 0 fully saturated rings. The van der Waals surface area contributed by atoms with E-state index in [1.54, 1.807) is 8.48 Å². The molecule has 0 N–H and O–H groups in total. The molecule has 0 saturated heterocycles. The van der Waals surface area contributed by atoms with Gasteiger partial charge in [0.25, 0.3) is 0 Å². The Morgan fingerprint density at radius 3 is 1.82 bits per heavy atom. The number of pyridine rings is 1. The van der Waals surface area contributed by atoms with Crippen molar-refractivity contribution in [3.63, 3.8) is 0 Å². The van der Waals surface area contributed by atoms with E-state index in [-0.39, 0.29) is 5.91 Å². The van der Waals surface area contributed by atoms with Gasteiger partial charge in [0.15, 0.2) is 0 Å². The Morgan fingerprint density at radius 1 is 1.00 bits per heavy atom. The van der Waals surface area contributed by atoms with Gasteiger partial charge in [0.2, 0.25) is 0 Å². The molecule has 1 aromatic rings. The van der Waals surface area contributed by atoms with E-state index in [9.17, 15) is 4.79 Å². The zero-order valence-electron chi connectivity index (χ0n) is 19.8. The van der Waals surface area contributed by atoms with Crippen molar-refractivity contribution in [1.82, 2.24) is 4.98 Å². The molecule has 1 amide bonds. The van der Waals surface area contributed by atoms with Crippen LogP contribution in [0.1, 0.15) is 85.6 Å². The molecule has 4 heteroatoms. The quantitative estimate of drug-likeness (QED) is 0.331. The molecule has 3 nitrogen and oxygen atoms in total. The fourth-order valence-corrected chi connectivity index (χ4v) is 20.1. The Morgan fingerprint density at radius 2 is 1.46 bits per heavy atom. The summed E-state index contributed by atoms with van der Waals surface area (Å²) < 4.78 is 5.93. The van der Waals surface area contributed by atoms with Crippen molar-refractivity contribution in [3.8, 4) is 0 Å². The van der Waals surface area contributed by atoms with E-state index in [4.69, 9.17) is 4.98 Å². The predicted molar refractivity (Wildman–Crippen MR) is 126 cm³/mol. The molecule has 0 aliphatic carbocycles. The number of rotatable bonds is 11. The van der Waals surface area contributed by atoms with Gasteiger partial charge in [-0.05, 0) is 0 Å². The molecule has 28 heavy (non-hydrogen) atoms. The van der Waals surface area contributed by atoms with Crippen LogP contribution in [-0.2, 0) is 4.79 Å². The van der Waals surface area contributed by atoms with Gasteiger partial charge in [0.05, 0.1) is 0 Å². The first-order valence-electron chi connectivity index (χ1n) is 11.4. The van der Waals surface area contributed by atoms with E-state index in [0.29, 0.717) is 0 Å². The fraction of sp³-hybridized carbons (Fsp3) is 0.750. The molecule has 0 spiro atoms. The second kappa shape index (κ2) is 11.6. The number of carbonyl (C=O) groups excluding carboxylic acids is 1. The van der Waals surface area contributed by atoms with Gasteiger partial charge in [0, 0.05) is 0 Å². The monoisotopic (exact) mass is 496 g/mol. The summed E-state index contributed by atoms with van der Waals surface area (Å²) in [6.45, 7) is 15.0. The number of hydrogen-bond donors (Lipinski definition) is 0. The predicted octanol–water partition coefficient (Wildman–Crippen LogP) is 6.46. The van der Waals surface area contributed by atoms with Crippen molar-refractivity contribution in [2.24, 2.45) is 5.41 Å². The molecule has 0 aliphatic heterocycles. The Bertz CT molecular complexity index is 600. The summed E-state index contributed by atoms with van der Waals surface area (Å²) in [5.74, 6) is 0.943. The second-order valence-electron chi connectivity index (χ2n) is 9.57. The number of carbonyl (C=O) groups is 1. The zero-order chi connectivity index (χ0) is 21.4. The van der Waals surface area contributed by atoms with Crippen molar-refractivity contribution < 1.29 is 4.79 Å². The number of nitrogens with zero attached hydrogens (tertiary/aromatic N) is 2. The average molecular weight is 495 g/mol. The number of anilines is 1. The van der Waals surface area contributed by atoms with E-state index in [0.717, 1.165) is 11.4 Å². The van der Waals surface area contributed by atoms with Crippen molar-refractivity contribution >= 4 is 33.7 Å². The first kappa shape index (κ1) is 25.5. The van der Waals surface area contributed by atoms with Gasteiger partial charge in [-0.2, -0.15) is 0 Å². The molecular formula is C24H44N2OSn. The molecule has 0 radical (unpaired) electrons. The maximum absolute atomic E-state index is 12.7. The summed E-state index contributed by atoms with van der Waals surface area (Å²) in [6, 6.07) is 2.41. The standard InChI is InChI=1S/C12H17N2O.3C4H9.Sn/c1-9-7-6-8-13-10(9)14(5)11(15)12(2,3)4;3*1-3-4-2;/h7-8H,1-5H3;3*1,3-4H2,2H3;. The topological polar surface area (TPSA) is 33.2 Å². The Labute approximate surface area is 178 Å². The molecule has 0 aromatic carbocycles. The van der Waals surface area contributed by atoms with Crippen LogP contribution in [0.2, 0.25) is 13.3 Å². The molecule has 1 aromatic heterocycles. The van der Waals surface area contributed by atoms with Gasteiger partial charge in [0.1, 0.15) is 0 Å². The van der Waals surface area contributed by atoms with Gasteiger partial charge in [-0.25, -0.2) is 0 Å². The summed E-state index contributed by atoms with van der Waals surface area (Å²) in [7, 11) is 1.87. The van der Waals surface area contributed by atoms with E-state index in [1.165, 1.54) is 51.8 Å². The summed E-state index contributed by atoms with van der Waals surface area (Å²) in [5, 5.41) is 0. The molecule has 1 heterocycles. The molecular weight excluding hydrogens is 451 g/mol. The molecule has 0 saturated carbocycles. The second-order valence-corrected chi connectivity index (χ2v) is 22.8. The third-order valence-electron chi connectivity index (χ3n) is 5.95. The molecule has 0 aliphatic rings. The van der Waals surface area contributed by atoms with Crippen LogP contribution in [0.15, 0.2) is 12.3 Å². The SMILES string of the molecule is CCC[CH2][Sn]([CH2]CCC)([CH2]CCC)[c]1cnc(N(C)C(=O)C(C)(C)C)c(C)c1. The van der Waals surface area contributed by atoms with Gasteiger partial charge < -0.3 is 0 Å².